The number of aryl methyl sites for hydroxylation is 1. The van der Waals surface area contributed by atoms with E-state index in [-0.39, 0.29) is 5.91 Å². The molecule has 2 fully saturated rings. The summed E-state index contributed by atoms with van der Waals surface area (Å²) in [5.74, 6) is 1.21. The highest BCUT2D eigenvalue weighted by Crippen LogP contribution is 2.13. The van der Waals surface area contributed by atoms with E-state index in [0.29, 0.717) is 13.1 Å². The number of nitrogens with zero attached hydrogens (tertiary/aromatic N) is 5. The molecule has 2 saturated heterocycles. The van der Waals surface area contributed by atoms with Crippen molar-refractivity contribution in [3.8, 4) is 0 Å². The maximum atomic E-state index is 12.3. The van der Waals surface area contributed by atoms with Crippen molar-refractivity contribution < 1.29 is 4.79 Å². The number of rotatable bonds is 5. The summed E-state index contributed by atoms with van der Waals surface area (Å²) in [6.07, 6.45) is 5.30. The van der Waals surface area contributed by atoms with Gasteiger partial charge in [0.15, 0.2) is 5.96 Å². The number of aromatic nitrogens is 1. The normalized spacial score (nSPS) is 19.2. The minimum absolute atomic E-state index is 0.286. The van der Waals surface area contributed by atoms with E-state index in [1.807, 2.05) is 18.1 Å². The van der Waals surface area contributed by atoms with Gasteiger partial charge in [-0.25, -0.2) is 4.98 Å². The largest absolute Gasteiger partial charge is 0.350 e. The van der Waals surface area contributed by atoms with Gasteiger partial charge in [0.05, 0.1) is 13.1 Å². The summed E-state index contributed by atoms with van der Waals surface area (Å²) in [5, 5.41) is 4.52. The molecule has 0 aromatic carbocycles. The Morgan fingerprint density at radius 2 is 1.92 bits per heavy atom. The van der Waals surface area contributed by atoms with Crippen LogP contribution in [0.3, 0.4) is 0 Å². The Hall–Kier alpha value is -1.67. The Morgan fingerprint density at radius 3 is 2.54 bits per heavy atom. The van der Waals surface area contributed by atoms with Gasteiger partial charge in [-0.2, -0.15) is 0 Å². The highest BCUT2D eigenvalue weighted by Gasteiger charge is 2.24. The first-order chi connectivity index (χ1) is 12.7. The second kappa shape index (κ2) is 9.32. The summed E-state index contributed by atoms with van der Waals surface area (Å²) in [4.78, 5) is 29.0. The number of piperazine rings is 1. The van der Waals surface area contributed by atoms with E-state index in [1.165, 1.54) is 4.88 Å². The minimum atomic E-state index is 0.286. The lowest BCUT2D eigenvalue weighted by molar-refractivity contribution is -0.131. The van der Waals surface area contributed by atoms with Crippen LogP contribution in [-0.2, 0) is 17.8 Å². The molecular weight excluding hydrogens is 348 g/mol. The summed E-state index contributed by atoms with van der Waals surface area (Å²) in [5.41, 5.74) is 0. The molecular formula is C18H30N6OS. The van der Waals surface area contributed by atoms with E-state index in [1.54, 1.807) is 11.3 Å². The molecule has 7 nitrogen and oxygen atoms in total. The lowest BCUT2D eigenvalue weighted by Gasteiger charge is -2.36. The smallest absolute Gasteiger partial charge is 0.236 e. The number of nitrogens with one attached hydrogen (secondary N) is 1. The first kappa shape index (κ1) is 19.1. The van der Waals surface area contributed by atoms with Crippen LogP contribution in [0.2, 0.25) is 0 Å². The second-order valence-corrected chi connectivity index (χ2v) is 8.03. The molecule has 3 rings (SSSR count). The van der Waals surface area contributed by atoms with Crippen molar-refractivity contribution >= 4 is 23.2 Å². The number of hydrogen-bond acceptors (Lipinski definition) is 5. The summed E-state index contributed by atoms with van der Waals surface area (Å²) >= 11 is 1.75. The van der Waals surface area contributed by atoms with E-state index >= 15 is 0 Å². The molecule has 2 aliphatic heterocycles. The fourth-order valence-electron chi connectivity index (χ4n) is 3.46. The molecule has 3 heterocycles. The molecule has 0 radical (unpaired) electrons. The van der Waals surface area contributed by atoms with Gasteiger partial charge in [-0.05, 0) is 19.3 Å². The van der Waals surface area contributed by atoms with Crippen LogP contribution in [0.1, 0.15) is 29.7 Å². The SMILES string of the molecule is CCc1cnc(CNC(=NC)N2CCN(CC(=O)N3CCCC3)CC2)s1. The number of amides is 1. The van der Waals surface area contributed by atoms with E-state index in [4.69, 9.17) is 0 Å². The highest BCUT2D eigenvalue weighted by atomic mass is 32.1. The zero-order chi connectivity index (χ0) is 18.4. The van der Waals surface area contributed by atoms with Gasteiger partial charge >= 0.3 is 0 Å². The van der Waals surface area contributed by atoms with Crippen LogP contribution in [-0.4, -0.2) is 84.4 Å². The van der Waals surface area contributed by atoms with Crippen LogP contribution in [0.5, 0.6) is 0 Å². The number of hydrogen-bond donors (Lipinski definition) is 1. The second-order valence-electron chi connectivity index (χ2n) is 6.83. The third-order valence-corrected chi connectivity index (χ3v) is 6.19. The number of likely N-dealkylation sites (tertiary alicyclic amines) is 1. The van der Waals surface area contributed by atoms with Crippen molar-refractivity contribution in [2.24, 2.45) is 4.99 Å². The van der Waals surface area contributed by atoms with E-state index in [0.717, 1.165) is 69.5 Å². The average molecular weight is 379 g/mol. The van der Waals surface area contributed by atoms with Gasteiger partial charge in [0.1, 0.15) is 5.01 Å². The van der Waals surface area contributed by atoms with Crippen molar-refractivity contribution in [1.82, 2.24) is 25.0 Å². The lowest BCUT2D eigenvalue weighted by atomic mass is 10.3. The van der Waals surface area contributed by atoms with Gasteiger partial charge in [-0.15, -0.1) is 11.3 Å². The molecule has 1 amide bonds. The zero-order valence-corrected chi connectivity index (χ0v) is 16.7. The van der Waals surface area contributed by atoms with Crippen molar-refractivity contribution in [3.05, 3.63) is 16.1 Å². The summed E-state index contributed by atoms with van der Waals surface area (Å²) in [7, 11) is 1.82. The maximum absolute atomic E-state index is 12.3. The summed E-state index contributed by atoms with van der Waals surface area (Å²) in [6.45, 7) is 8.88. The van der Waals surface area contributed by atoms with Crippen LogP contribution in [0.15, 0.2) is 11.2 Å². The first-order valence-corrected chi connectivity index (χ1v) is 10.4. The molecule has 0 aliphatic carbocycles. The van der Waals surface area contributed by atoms with Gasteiger partial charge in [0.2, 0.25) is 5.91 Å². The monoisotopic (exact) mass is 378 g/mol. The van der Waals surface area contributed by atoms with Crippen molar-refractivity contribution in [1.29, 1.82) is 0 Å². The molecule has 1 aromatic heterocycles. The fraction of sp³-hybridized carbons (Fsp3) is 0.722. The summed E-state index contributed by atoms with van der Waals surface area (Å²) < 4.78 is 0. The van der Waals surface area contributed by atoms with E-state index < -0.39 is 0 Å². The molecule has 0 bridgehead atoms. The molecule has 2 aliphatic rings. The first-order valence-electron chi connectivity index (χ1n) is 9.59. The Kier molecular flexibility index (Phi) is 6.85. The van der Waals surface area contributed by atoms with Crippen molar-refractivity contribution in [2.45, 2.75) is 32.7 Å². The standard InChI is InChI=1S/C18H30N6OS/c1-3-15-12-20-16(26-15)13-21-18(19-2)24-10-8-22(9-11-24)14-17(25)23-6-4-5-7-23/h12H,3-11,13-14H2,1-2H3,(H,19,21). The van der Waals surface area contributed by atoms with Gasteiger partial charge in [0, 0.05) is 57.4 Å². The Labute approximate surface area is 160 Å². The number of guanidine groups is 1. The van der Waals surface area contributed by atoms with Gasteiger partial charge in [-0.1, -0.05) is 6.92 Å². The molecule has 0 unspecified atom stereocenters. The third kappa shape index (κ3) is 4.94. The van der Waals surface area contributed by atoms with Gasteiger partial charge in [0.25, 0.3) is 0 Å². The zero-order valence-electron chi connectivity index (χ0n) is 15.9. The average Bonchev–Trinajstić information content (AvgIpc) is 3.35. The number of carbonyl (C=O) groups is 1. The van der Waals surface area contributed by atoms with Crippen LogP contribution < -0.4 is 5.32 Å². The van der Waals surface area contributed by atoms with Crippen LogP contribution in [0.4, 0.5) is 0 Å². The molecule has 1 aromatic rings. The van der Waals surface area contributed by atoms with Crippen molar-refractivity contribution in [2.75, 3.05) is 52.9 Å². The lowest BCUT2D eigenvalue weighted by Crippen LogP contribution is -2.54. The highest BCUT2D eigenvalue weighted by molar-refractivity contribution is 7.11. The maximum Gasteiger partial charge on any atom is 0.236 e. The fourth-order valence-corrected chi connectivity index (χ4v) is 4.26. The molecule has 0 atom stereocenters. The minimum Gasteiger partial charge on any atom is -0.350 e. The van der Waals surface area contributed by atoms with Crippen molar-refractivity contribution in [3.63, 3.8) is 0 Å². The van der Waals surface area contributed by atoms with E-state index in [9.17, 15) is 4.79 Å². The van der Waals surface area contributed by atoms with Gasteiger partial charge < -0.3 is 15.1 Å². The molecule has 8 heteroatoms. The number of carbonyl (C=O) groups excluding carboxylic acids is 1. The molecule has 0 saturated carbocycles. The molecule has 26 heavy (non-hydrogen) atoms. The van der Waals surface area contributed by atoms with Crippen LogP contribution in [0, 0.1) is 0 Å². The van der Waals surface area contributed by atoms with Crippen LogP contribution in [0.25, 0.3) is 0 Å². The molecule has 1 N–H and O–H groups in total. The Morgan fingerprint density at radius 1 is 1.19 bits per heavy atom. The molecule has 0 spiro atoms. The Balaban J connectivity index is 1.42. The predicted octanol–water partition coefficient (Wildman–Crippen LogP) is 1.02. The van der Waals surface area contributed by atoms with Crippen LogP contribution >= 0.6 is 11.3 Å². The number of aliphatic imine (C=N–C) groups is 1. The third-order valence-electron chi connectivity index (χ3n) is 5.05. The summed E-state index contributed by atoms with van der Waals surface area (Å²) in [6, 6.07) is 0. The van der Waals surface area contributed by atoms with Gasteiger partial charge in [-0.3, -0.25) is 14.7 Å². The van der Waals surface area contributed by atoms with E-state index in [2.05, 4.69) is 32.0 Å². The topological polar surface area (TPSA) is 64.1 Å². The number of thiazole rings is 1. The quantitative estimate of drug-likeness (QED) is 0.612. The predicted molar refractivity (Wildman–Crippen MR) is 106 cm³/mol. The Bertz CT molecular complexity index is 617. The molecule has 144 valence electrons.